The molecule has 0 aliphatic heterocycles. The molecule has 0 aliphatic rings. The van der Waals surface area contributed by atoms with E-state index in [-0.39, 0.29) is 6.16 Å². The van der Waals surface area contributed by atoms with Crippen LogP contribution in [0.4, 0.5) is 0 Å². The van der Waals surface area contributed by atoms with Crippen molar-refractivity contribution in [1.82, 2.24) is 0 Å². The molecule has 0 aliphatic carbocycles. The predicted octanol–water partition coefficient (Wildman–Crippen LogP) is -0.947. The molecule has 2 N–H and O–H groups in total. The van der Waals surface area contributed by atoms with Crippen molar-refractivity contribution < 1.29 is 14.8 Å². The SMILES string of the molecule is O=[PH2]CC(O)O. The van der Waals surface area contributed by atoms with Crippen molar-refractivity contribution in [3.8, 4) is 0 Å². The van der Waals surface area contributed by atoms with E-state index in [4.69, 9.17) is 10.2 Å². The van der Waals surface area contributed by atoms with Gasteiger partial charge in [0.05, 0.1) is 8.46 Å². The van der Waals surface area contributed by atoms with Gasteiger partial charge < -0.3 is 14.8 Å². The van der Waals surface area contributed by atoms with Crippen LogP contribution in [0.25, 0.3) is 0 Å². The Hall–Kier alpha value is 0.150. The Morgan fingerprint density at radius 2 is 2.17 bits per heavy atom. The Morgan fingerprint density at radius 3 is 2.17 bits per heavy atom. The highest BCUT2D eigenvalue weighted by Gasteiger charge is 1.88. The zero-order chi connectivity index (χ0) is 4.99. The molecule has 0 spiro atoms. The van der Waals surface area contributed by atoms with Crippen LogP contribution >= 0.6 is 8.46 Å². The first-order valence-corrected chi connectivity index (χ1v) is 2.86. The third-order valence-corrected chi connectivity index (χ3v) is 0.921. The zero-order valence-electron chi connectivity index (χ0n) is 3.16. The van der Waals surface area contributed by atoms with E-state index in [0.717, 1.165) is 0 Å². The van der Waals surface area contributed by atoms with E-state index < -0.39 is 14.8 Å². The van der Waals surface area contributed by atoms with Crippen molar-refractivity contribution in [3.63, 3.8) is 0 Å². The molecule has 3 nitrogen and oxygen atoms in total. The van der Waals surface area contributed by atoms with Crippen LogP contribution in [-0.2, 0) is 4.57 Å². The summed E-state index contributed by atoms with van der Waals surface area (Å²) in [6.45, 7) is 0. The van der Waals surface area contributed by atoms with Gasteiger partial charge in [-0.2, -0.15) is 0 Å². The molecule has 0 fully saturated rings. The van der Waals surface area contributed by atoms with Gasteiger partial charge in [-0.1, -0.05) is 0 Å². The van der Waals surface area contributed by atoms with Crippen LogP contribution in [0.2, 0.25) is 0 Å². The third kappa shape index (κ3) is 4.15. The van der Waals surface area contributed by atoms with Gasteiger partial charge in [0.1, 0.15) is 0 Å². The van der Waals surface area contributed by atoms with Gasteiger partial charge in [-0.15, -0.1) is 0 Å². The van der Waals surface area contributed by atoms with Crippen LogP contribution in [0, 0.1) is 0 Å². The molecule has 0 saturated carbocycles. The Kier molecular flexibility index (Phi) is 3.43. The summed E-state index contributed by atoms with van der Waals surface area (Å²) >= 11 is 0. The molecule has 0 aromatic heterocycles. The first kappa shape index (κ1) is 6.15. The molecule has 6 heavy (non-hydrogen) atoms. The number of rotatable bonds is 2. The van der Waals surface area contributed by atoms with Crippen LogP contribution < -0.4 is 0 Å². The molecule has 0 saturated heterocycles. The maximum Gasteiger partial charge on any atom is 0.157 e. The lowest BCUT2D eigenvalue weighted by molar-refractivity contribution is -0.0193. The zero-order valence-corrected chi connectivity index (χ0v) is 4.32. The number of hydrogen-bond acceptors (Lipinski definition) is 3. The van der Waals surface area contributed by atoms with Crippen LogP contribution in [0.3, 0.4) is 0 Å². The summed E-state index contributed by atoms with van der Waals surface area (Å²) in [5, 5.41) is 15.9. The van der Waals surface area contributed by atoms with Crippen LogP contribution in [-0.4, -0.2) is 22.7 Å². The highest BCUT2D eigenvalue weighted by atomic mass is 31.1. The van der Waals surface area contributed by atoms with Crippen molar-refractivity contribution in [2.24, 2.45) is 0 Å². The molecular formula is C2H7O3P. The lowest BCUT2D eigenvalue weighted by Crippen LogP contribution is -2.04. The van der Waals surface area contributed by atoms with Crippen molar-refractivity contribution >= 4 is 8.46 Å². The predicted molar refractivity (Wildman–Crippen MR) is 23.5 cm³/mol. The molecule has 0 amide bonds. The maximum absolute atomic E-state index is 9.50. The molecule has 0 aromatic rings. The second-order valence-electron chi connectivity index (χ2n) is 0.883. The van der Waals surface area contributed by atoms with Crippen molar-refractivity contribution in [3.05, 3.63) is 0 Å². The summed E-state index contributed by atoms with van der Waals surface area (Å²) < 4.78 is 9.50. The normalized spacial score (nSPS) is 11.8. The molecule has 0 radical (unpaired) electrons. The van der Waals surface area contributed by atoms with E-state index in [0.29, 0.717) is 0 Å². The topological polar surface area (TPSA) is 57.5 Å². The summed E-state index contributed by atoms with van der Waals surface area (Å²) in [6.07, 6.45) is -1.36. The summed E-state index contributed by atoms with van der Waals surface area (Å²) in [5.41, 5.74) is 0. The Labute approximate surface area is 36.8 Å². The van der Waals surface area contributed by atoms with Gasteiger partial charge in [0.2, 0.25) is 0 Å². The summed E-state index contributed by atoms with van der Waals surface area (Å²) in [6, 6.07) is 0. The molecule has 0 heterocycles. The lowest BCUT2D eigenvalue weighted by atomic mass is 10.8. The van der Waals surface area contributed by atoms with Gasteiger partial charge in [0.15, 0.2) is 6.29 Å². The van der Waals surface area contributed by atoms with E-state index in [1.165, 1.54) is 0 Å². The average molecular weight is 110 g/mol. The van der Waals surface area contributed by atoms with E-state index >= 15 is 0 Å². The number of hydrogen-bond donors (Lipinski definition) is 2. The van der Waals surface area contributed by atoms with E-state index in [9.17, 15) is 4.57 Å². The summed E-state index contributed by atoms with van der Waals surface area (Å²) in [4.78, 5) is 0. The first-order valence-electron chi connectivity index (χ1n) is 1.57. The molecular weight excluding hydrogens is 103 g/mol. The van der Waals surface area contributed by atoms with Crippen molar-refractivity contribution in [2.45, 2.75) is 6.29 Å². The first-order chi connectivity index (χ1) is 2.77. The van der Waals surface area contributed by atoms with E-state index in [1.807, 2.05) is 0 Å². The molecule has 4 heteroatoms. The summed E-state index contributed by atoms with van der Waals surface area (Å²) in [5.74, 6) is 0. The minimum Gasteiger partial charge on any atom is -0.368 e. The molecule has 1 atom stereocenters. The van der Waals surface area contributed by atoms with Crippen LogP contribution in [0.15, 0.2) is 0 Å². The van der Waals surface area contributed by atoms with Gasteiger partial charge in [-0.05, 0) is 0 Å². The minimum absolute atomic E-state index is 0.0139. The fourth-order valence-electron chi connectivity index (χ4n) is 0.0861. The average Bonchev–Trinajstić information content (AvgIpc) is 1.35. The molecule has 0 aromatic carbocycles. The Morgan fingerprint density at radius 1 is 1.67 bits per heavy atom. The molecule has 0 bridgehead atoms. The number of aliphatic hydroxyl groups is 2. The molecule has 1 unspecified atom stereocenters. The second kappa shape index (κ2) is 3.34. The standard InChI is InChI=1S/C2H7O3P/c3-2(4)1-6-5/h2-4H,1,6H2. The highest BCUT2D eigenvalue weighted by molar-refractivity contribution is 7.23. The van der Waals surface area contributed by atoms with E-state index in [1.54, 1.807) is 0 Å². The van der Waals surface area contributed by atoms with Crippen molar-refractivity contribution in [2.75, 3.05) is 6.16 Å². The Balaban J connectivity index is 2.81. The van der Waals surface area contributed by atoms with E-state index in [2.05, 4.69) is 0 Å². The van der Waals surface area contributed by atoms with Gasteiger partial charge in [-0.3, -0.25) is 0 Å². The third-order valence-electron chi connectivity index (χ3n) is 0.307. The van der Waals surface area contributed by atoms with Crippen LogP contribution in [0.1, 0.15) is 0 Å². The van der Waals surface area contributed by atoms with Gasteiger partial charge >= 0.3 is 0 Å². The fraction of sp³-hybridized carbons (Fsp3) is 1.00. The lowest BCUT2D eigenvalue weighted by Gasteiger charge is -1.90. The largest absolute Gasteiger partial charge is 0.368 e. The minimum atomic E-state index is -1.38. The van der Waals surface area contributed by atoms with Gasteiger partial charge in [-0.25, -0.2) is 0 Å². The maximum atomic E-state index is 9.50. The highest BCUT2D eigenvalue weighted by Crippen LogP contribution is 1.90. The monoisotopic (exact) mass is 110 g/mol. The quantitative estimate of drug-likeness (QED) is 0.356. The van der Waals surface area contributed by atoms with Crippen molar-refractivity contribution in [1.29, 1.82) is 0 Å². The smallest absolute Gasteiger partial charge is 0.157 e. The van der Waals surface area contributed by atoms with Gasteiger partial charge in [0.25, 0.3) is 0 Å². The fourth-order valence-corrected chi connectivity index (χ4v) is 0.258. The number of aliphatic hydroxyl groups excluding tert-OH is 1. The Bertz CT molecular complexity index is 44.1. The van der Waals surface area contributed by atoms with Crippen LogP contribution in [0.5, 0.6) is 0 Å². The molecule has 0 rings (SSSR count). The molecule has 38 valence electrons. The van der Waals surface area contributed by atoms with Gasteiger partial charge in [0, 0.05) is 6.16 Å². The summed E-state index contributed by atoms with van der Waals surface area (Å²) in [7, 11) is -0.998. The second-order valence-corrected chi connectivity index (χ2v) is 1.69.